The lowest BCUT2D eigenvalue weighted by Gasteiger charge is -2.19. The number of hydrogen-bond acceptors (Lipinski definition) is 4. The van der Waals surface area contributed by atoms with Crippen molar-refractivity contribution < 1.29 is 4.74 Å². The van der Waals surface area contributed by atoms with Gasteiger partial charge in [-0.05, 0) is 6.42 Å². The molecule has 6 heteroatoms. The number of ether oxygens (including phenoxy) is 1. The largest absolute Gasteiger partial charge is 0.384 e. The molecule has 2 heterocycles. The van der Waals surface area contributed by atoms with Crippen molar-refractivity contribution in [2.75, 3.05) is 32.0 Å². The highest BCUT2D eigenvalue weighted by Gasteiger charge is 2.11. The highest BCUT2D eigenvalue weighted by atomic mass is 16.5. The lowest BCUT2D eigenvalue weighted by molar-refractivity contribution is 0.135. The van der Waals surface area contributed by atoms with Crippen LogP contribution in [0.15, 0.2) is 11.0 Å². The van der Waals surface area contributed by atoms with E-state index in [1.807, 2.05) is 0 Å². The Bertz CT molecular complexity index is 362. The van der Waals surface area contributed by atoms with Gasteiger partial charge in [0.25, 0.3) is 0 Å². The number of nitrogens with one attached hydrogen (secondary N) is 1. The summed E-state index contributed by atoms with van der Waals surface area (Å²) in [5.74, 6) is 0.477. The summed E-state index contributed by atoms with van der Waals surface area (Å²) in [4.78, 5) is 16.1. The summed E-state index contributed by atoms with van der Waals surface area (Å²) < 4.78 is 6.87. The number of nitrogen functional groups attached to an aromatic ring is 1. The minimum Gasteiger partial charge on any atom is -0.384 e. The zero-order valence-corrected chi connectivity index (χ0v) is 8.61. The van der Waals surface area contributed by atoms with Crippen molar-refractivity contribution in [2.24, 2.45) is 0 Å². The molecule has 1 aliphatic rings. The smallest absolute Gasteiger partial charge is 0.328 e. The van der Waals surface area contributed by atoms with E-state index in [2.05, 4.69) is 9.88 Å². The van der Waals surface area contributed by atoms with Crippen LogP contribution >= 0.6 is 0 Å². The minimum atomic E-state index is -0.155. The third-order valence-electron chi connectivity index (χ3n) is 2.56. The molecule has 15 heavy (non-hydrogen) atoms. The Morgan fingerprint density at radius 3 is 3.07 bits per heavy atom. The van der Waals surface area contributed by atoms with Crippen molar-refractivity contribution in [3.05, 3.63) is 16.7 Å². The van der Waals surface area contributed by atoms with Crippen molar-refractivity contribution in [3.63, 3.8) is 0 Å². The van der Waals surface area contributed by atoms with Gasteiger partial charge in [-0.25, -0.2) is 4.79 Å². The molecule has 84 valence electrons. The Labute approximate surface area is 87.6 Å². The minimum absolute atomic E-state index is 0.155. The molecule has 1 aromatic heterocycles. The average Bonchev–Trinajstić information content (AvgIpc) is 2.49. The van der Waals surface area contributed by atoms with Gasteiger partial charge in [-0.3, -0.25) is 9.47 Å². The molecule has 1 aliphatic heterocycles. The SMILES string of the molecule is Nc1c[nH]c(=O)n1CN1CCCOCC1. The summed E-state index contributed by atoms with van der Waals surface area (Å²) in [6.07, 6.45) is 2.52. The molecule has 6 nitrogen and oxygen atoms in total. The lowest BCUT2D eigenvalue weighted by atomic mass is 10.4. The van der Waals surface area contributed by atoms with Gasteiger partial charge in [0.1, 0.15) is 5.82 Å². The van der Waals surface area contributed by atoms with Crippen molar-refractivity contribution in [3.8, 4) is 0 Å². The molecule has 0 atom stereocenters. The van der Waals surface area contributed by atoms with Gasteiger partial charge in [0.2, 0.25) is 0 Å². The Balaban J connectivity index is 2.04. The first-order chi connectivity index (χ1) is 7.27. The second-order valence-electron chi connectivity index (χ2n) is 3.67. The quantitative estimate of drug-likeness (QED) is 0.689. The van der Waals surface area contributed by atoms with E-state index in [1.165, 1.54) is 10.8 Å². The third kappa shape index (κ3) is 2.40. The van der Waals surface area contributed by atoms with E-state index >= 15 is 0 Å². The van der Waals surface area contributed by atoms with Crippen LogP contribution in [0.2, 0.25) is 0 Å². The Morgan fingerprint density at radius 2 is 2.33 bits per heavy atom. The molecule has 0 bridgehead atoms. The number of hydrogen-bond donors (Lipinski definition) is 2. The number of rotatable bonds is 2. The van der Waals surface area contributed by atoms with Gasteiger partial charge in [0.15, 0.2) is 0 Å². The molecule has 2 rings (SSSR count). The van der Waals surface area contributed by atoms with Gasteiger partial charge >= 0.3 is 5.69 Å². The number of aromatic nitrogens is 2. The van der Waals surface area contributed by atoms with Gasteiger partial charge in [-0.1, -0.05) is 0 Å². The van der Waals surface area contributed by atoms with Crippen LogP contribution in [0.3, 0.4) is 0 Å². The summed E-state index contributed by atoms with van der Waals surface area (Å²) in [5.41, 5.74) is 5.52. The molecule has 1 saturated heterocycles. The highest BCUT2D eigenvalue weighted by Crippen LogP contribution is 2.03. The van der Waals surface area contributed by atoms with Crippen molar-refractivity contribution in [1.29, 1.82) is 0 Å². The standard InChI is InChI=1S/C9H16N4O2/c10-8-6-11-9(14)13(8)7-12-2-1-4-15-5-3-12/h6H,1-5,7,10H2,(H,11,14). The van der Waals surface area contributed by atoms with Crippen molar-refractivity contribution >= 4 is 5.82 Å². The Morgan fingerprint density at radius 1 is 1.47 bits per heavy atom. The average molecular weight is 212 g/mol. The maximum atomic E-state index is 11.4. The number of nitrogens with two attached hydrogens (primary N) is 1. The van der Waals surface area contributed by atoms with Crippen LogP contribution in [0.4, 0.5) is 5.82 Å². The fraction of sp³-hybridized carbons (Fsp3) is 0.667. The van der Waals surface area contributed by atoms with Crippen LogP contribution in [0.25, 0.3) is 0 Å². The zero-order chi connectivity index (χ0) is 10.7. The molecule has 3 N–H and O–H groups in total. The van der Waals surface area contributed by atoms with E-state index in [1.54, 1.807) is 0 Å². The monoisotopic (exact) mass is 212 g/mol. The highest BCUT2D eigenvalue weighted by molar-refractivity contribution is 5.24. The number of H-pyrrole nitrogens is 1. The van der Waals surface area contributed by atoms with Gasteiger partial charge in [0, 0.05) is 25.9 Å². The fourth-order valence-corrected chi connectivity index (χ4v) is 1.69. The number of nitrogens with zero attached hydrogens (tertiary/aromatic N) is 2. The van der Waals surface area contributed by atoms with E-state index in [-0.39, 0.29) is 5.69 Å². The first kappa shape index (κ1) is 10.3. The molecule has 1 aromatic rings. The molecule has 0 unspecified atom stereocenters. The van der Waals surface area contributed by atoms with E-state index in [4.69, 9.17) is 10.5 Å². The van der Waals surface area contributed by atoms with Crippen LogP contribution in [0.1, 0.15) is 6.42 Å². The molecule has 1 fully saturated rings. The topological polar surface area (TPSA) is 76.3 Å². The predicted octanol–water partition coefficient (Wildman–Crippen LogP) is -0.562. The van der Waals surface area contributed by atoms with E-state index in [0.29, 0.717) is 12.5 Å². The number of anilines is 1. The maximum absolute atomic E-state index is 11.4. The first-order valence-corrected chi connectivity index (χ1v) is 5.11. The van der Waals surface area contributed by atoms with Crippen LogP contribution in [0, 0.1) is 0 Å². The Kier molecular flexibility index (Phi) is 3.08. The Hall–Kier alpha value is -1.27. The second kappa shape index (κ2) is 4.50. The summed E-state index contributed by atoms with van der Waals surface area (Å²) in [6.45, 7) is 3.85. The van der Waals surface area contributed by atoms with Gasteiger partial charge in [0.05, 0.1) is 13.3 Å². The molecule has 0 amide bonds. The first-order valence-electron chi connectivity index (χ1n) is 5.11. The van der Waals surface area contributed by atoms with E-state index in [0.717, 1.165) is 32.7 Å². The molecule has 0 aromatic carbocycles. The zero-order valence-electron chi connectivity index (χ0n) is 8.61. The van der Waals surface area contributed by atoms with Crippen LogP contribution in [0.5, 0.6) is 0 Å². The van der Waals surface area contributed by atoms with Crippen LogP contribution in [-0.2, 0) is 11.4 Å². The number of aromatic amines is 1. The van der Waals surface area contributed by atoms with Crippen molar-refractivity contribution in [2.45, 2.75) is 13.1 Å². The normalized spacial score (nSPS) is 18.9. The van der Waals surface area contributed by atoms with Crippen LogP contribution < -0.4 is 11.4 Å². The maximum Gasteiger partial charge on any atom is 0.328 e. The van der Waals surface area contributed by atoms with Gasteiger partial charge in [-0.15, -0.1) is 0 Å². The van der Waals surface area contributed by atoms with Gasteiger partial charge < -0.3 is 15.5 Å². The van der Waals surface area contributed by atoms with Gasteiger partial charge in [-0.2, -0.15) is 0 Å². The summed E-state index contributed by atoms with van der Waals surface area (Å²) in [6, 6.07) is 0. The third-order valence-corrected chi connectivity index (χ3v) is 2.56. The molecule has 0 saturated carbocycles. The second-order valence-corrected chi connectivity index (χ2v) is 3.67. The fourth-order valence-electron chi connectivity index (χ4n) is 1.69. The molecule has 0 aliphatic carbocycles. The molecule has 0 radical (unpaired) electrons. The van der Waals surface area contributed by atoms with Crippen molar-refractivity contribution in [1.82, 2.24) is 14.5 Å². The lowest BCUT2D eigenvalue weighted by Crippen LogP contribution is -2.33. The summed E-state index contributed by atoms with van der Waals surface area (Å²) >= 11 is 0. The molecule has 0 spiro atoms. The van der Waals surface area contributed by atoms with E-state index in [9.17, 15) is 4.79 Å². The number of imidazole rings is 1. The van der Waals surface area contributed by atoms with E-state index < -0.39 is 0 Å². The molecular weight excluding hydrogens is 196 g/mol. The predicted molar refractivity (Wildman–Crippen MR) is 56.5 cm³/mol. The summed E-state index contributed by atoms with van der Waals surface area (Å²) in [7, 11) is 0. The molecular formula is C9H16N4O2. The summed E-state index contributed by atoms with van der Waals surface area (Å²) in [5, 5.41) is 0. The van der Waals surface area contributed by atoms with Crippen LogP contribution in [-0.4, -0.2) is 40.8 Å².